The van der Waals surface area contributed by atoms with Gasteiger partial charge in [0.15, 0.2) is 12.6 Å². The number of hydrogen-bond donors (Lipinski definition) is 2. The summed E-state index contributed by atoms with van der Waals surface area (Å²) in [5.74, 6) is 0.0279. The molecule has 1 aliphatic carbocycles. The zero-order chi connectivity index (χ0) is 12.4. The summed E-state index contributed by atoms with van der Waals surface area (Å²) in [6, 6.07) is 0. The normalized spacial score (nSPS) is 41.1. The predicted octanol–water partition coefficient (Wildman–Crippen LogP) is 0.490. The highest BCUT2D eigenvalue weighted by Gasteiger charge is 2.52. The molecule has 5 heteroatoms. The summed E-state index contributed by atoms with van der Waals surface area (Å²) in [7, 11) is 0. The van der Waals surface area contributed by atoms with Gasteiger partial charge in [0.25, 0.3) is 0 Å². The number of aliphatic hydroxyl groups excluding tert-OH is 2. The maximum atomic E-state index is 10.1. The summed E-state index contributed by atoms with van der Waals surface area (Å²) in [6.07, 6.45) is -0.520. The van der Waals surface area contributed by atoms with E-state index < -0.39 is 18.7 Å². The van der Waals surface area contributed by atoms with E-state index in [4.69, 9.17) is 14.2 Å². The fourth-order valence-electron chi connectivity index (χ4n) is 3.04. The smallest absolute Gasteiger partial charge is 0.163 e. The summed E-state index contributed by atoms with van der Waals surface area (Å²) in [5.41, 5.74) is 0. The minimum atomic E-state index is -0.705. The molecule has 1 saturated heterocycles. The average molecular weight is 246 g/mol. The molecule has 5 nitrogen and oxygen atoms in total. The van der Waals surface area contributed by atoms with Crippen molar-refractivity contribution >= 4 is 0 Å². The van der Waals surface area contributed by atoms with Crippen molar-refractivity contribution in [2.24, 2.45) is 11.8 Å². The molecule has 2 N–H and O–H groups in total. The molecule has 1 aliphatic heterocycles. The standard InChI is InChI=1S/C12H22O5/c1-3-15-12(16-4-2)11-7-5-10(14)17-9(7)6-8(11)13/h7-14H,3-6H2,1-2H3. The zero-order valence-corrected chi connectivity index (χ0v) is 10.4. The first-order valence-corrected chi connectivity index (χ1v) is 6.42. The van der Waals surface area contributed by atoms with Gasteiger partial charge in [-0.15, -0.1) is 0 Å². The van der Waals surface area contributed by atoms with Gasteiger partial charge in [0.2, 0.25) is 0 Å². The van der Waals surface area contributed by atoms with Crippen molar-refractivity contribution in [3.63, 3.8) is 0 Å². The van der Waals surface area contributed by atoms with Crippen LogP contribution in [0, 0.1) is 11.8 Å². The third-order valence-electron chi connectivity index (χ3n) is 3.67. The van der Waals surface area contributed by atoms with E-state index in [0.717, 1.165) is 0 Å². The number of rotatable bonds is 5. The Morgan fingerprint density at radius 3 is 2.41 bits per heavy atom. The van der Waals surface area contributed by atoms with Gasteiger partial charge in [0, 0.05) is 37.9 Å². The first kappa shape index (κ1) is 13.2. The van der Waals surface area contributed by atoms with Gasteiger partial charge < -0.3 is 24.4 Å². The Morgan fingerprint density at radius 2 is 1.82 bits per heavy atom. The van der Waals surface area contributed by atoms with Crippen LogP contribution in [0.25, 0.3) is 0 Å². The topological polar surface area (TPSA) is 68.2 Å². The van der Waals surface area contributed by atoms with Crippen LogP contribution < -0.4 is 0 Å². The summed E-state index contributed by atoms with van der Waals surface area (Å²) >= 11 is 0. The average Bonchev–Trinajstić information content (AvgIpc) is 2.72. The molecule has 0 aromatic rings. The molecule has 17 heavy (non-hydrogen) atoms. The second-order valence-electron chi connectivity index (χ2n) is 4.69. The van der Waals surface area contributed by atoms with E-state index in [1.165, 1.54) is 0 Å². The predicted molar refractivity (Wildman–Crippen MR) is 60.1 cm³/mol. The molecular weight excluding hydrogens is 224 g/mol. The van der Waals surface area contributed by atoms with E-state index in [9.17, 15) is 10.2 Å². The van der Waals surface area contributed by atoms with Crippen molar-refractivity contribution in [3.05, 3.63) is 0 Å². The van der Waals surface area contributed by atoms with Gasteiger partial charge >= 0.3 is 0 Å². The summed E-state index contributed by atoms with van der Waals surface area (Å²) in [6.45, 7) is 4.92. The Hall–Kier alpha value is -0.200. The Bertz CT molecular complexity index is 241. The van der Waals surface area contributed by atoms with E-state index in [0.29, 0.717) is 26.1 Å². The molecule has 5 atom stereocenters. The molecule has 5 unspecified atom stereocenters. The quantitative estimate of drug-likeness (QED) is 0.691. The van der Waals surface area contributed by atoms with Crippen molar-refractivity contribution in [2.45, 2.75) is 51.5 Å². The molecule has 2 fully saturated rings. The highest BCUT2D eigenvalue weighted by atomic mass is 16.7. The Kier molecular flexibility index (Phi) is 4.38. The van der Waals surface area contributed by atoms with Gasteiger partial charge in [-0.2, -0.15) is 0 Å². The van der Waals surface area contributed by atoms with Crippen molar-refractivity contribution in [2.75, 3.05) is 13.2 Å². The first-order chi connectivity index (χ1) is 8.17. The monoisotopic (exact) mass is 246 g/mol. The number of ether oxygens (including phenoxy) is 3. The van der Waals surface area contributed by atoms with E-state index >= 15 is 0 Å². The first-order valence-electron chi connectivity index (χ1n) is 6.42. The molecule has 1 heterocycles. The van der Waals surface area contributed by atoms with E-state index in [-0.39, 0.29) is 17.9 Å². The van der Waals surface area contributed by atoms with Gasteiger partial charge in [-0.3, -0.25) is 0 Å². The van der Waals surface area contributed by atoms with Crippen molar-refractivity contribution in [1.82, 2.24) is 0 Å². The minimum absolute atomic E-state index is 0.0617. The molecule has 100 valence electrons. The molecule has 0 amide bonds. The maximum absolute atomic E-state index is 10.1. The number of hydrogen-bond acceptors (Lipinski definition) is 5. The number of aliphatic hydroxyl groups is 2. The summed E-state index contributed by atoms with van der Waals surface area (Å²) < 4.78 is 16.5. The van der Waals surface area contributed by atoms with Crippen LogP contribution in [-0.4, -0.2) is 48.2 Å². The van der Waals surface area contributed by atoms with Gasteiger partial charge in [-0.05, 0) is 13.8 Å². The molecular formula is C12H22O5. The SMILES string of the molecule is CCOC(OCC)C1C(O)CC2OC(O)CC21. The van der Waals surface area contributed by atoms with Crippen molar-refractivity contribution in [1.29, 1.82) is 0 Å². The largest absolute Gasteiger partial charge is 0.393 e. The summed E-state index contributed by atoms with van der Waals surface area (Å²) in [5, 5.41) is 19.6. The molecule has 0 spiro atoms. The third-order valence-corrected chi connectivity index (χ3v) is 3.67. The van der Waals surface area contributed by atoms with Crippen molar-refractivity contribution in [3.8, 4) is 0 Å². The lowest BCUT2D eigenvalue weighted by molar-refractivity contribution is -0.190. The van der Waals surface area contributed by atoms with Crippen LogP contribution in [0.1, 0.15) is 26.7 Å². The van der Waals surface area contributed by atoms with Gasteiger partial charge in [-0.25, -0.2) is 0 Å². The fourth-order valence-corrected chi connectivity index (χ4v) is 3.04. The van der Waals surface area contributed by atoms with Gasteiger partial charge in [-0.1, -0.05) is 0 Å². The molecule has 0 aromatic carbocycles. The van der Waals surface area contributed by atoms with Crippen LogP contribution in [0.15, 0.2) is 0 Å². The van der Waals surface area contributed by atoms with Crippen LogP contribution in [0.2, 0.25) is 0 Å². The summed E-state index contributed by atoms with van der Waals surface area (Å²) in [4.78, 5) is 0. The number of fused-ring (bicyclic) bond motifs is 1. The Balaban J connectivity index is 2.05. The van der Waals surface area contributed by atoms with E-state index in [1.807, 2.05) is 13.8 Å². The van der Waals surface area contributed by atoms with Crippen LogP contribution >= 0.6 is 0 Å². The van der Waals surface area contributed by atoms with E-state index in [2.05, 4.69) is 0 Å². The van der Waals surface area contributed by atoms with E-state index in [1.54, 1.807) is 0 Å². The van der Waals surface area contributed by atoms with Crippen molar-refractivity contribution < 1.29 is 24.4 Å². The molecule has 0 aromatic heterocycles. The highest BCUT2D eigenvalue weighted by molar-refractivity contribution is 4.97. The van der Waals surface area contributed by atoms with Crippen LogP contribution in [-0.2, 0) is 14.2 Å². The molecule has 2 aliphatic rings. The molecule has 0 radical (unpaired) electrons. The molecule has 2 rings (SSSR count). The lowest BCUT2D eigenvalue weighted by atomic mass is 9.91. The second kappa shape index (κ2) is 5.63. The van der Waals surface area contributed by atoms with Crippen LogP contribution in [0.5, 0.6) is 0 Å². The Labute approximate surface area is 102 Å². The minimum Gasteiger partial charge on any atom is -0.393 e. The van der Waals surface area contributed by atoms with Crippen LogP contribution in [0.4, 0.5) is 0 Å². The molecule has 0 bridgehead atoms. The van der Waals surface area contributed by atoms with Crippen LogP contribution in [0.3, 0.4) is 0 Å². The third kappa shape index (κ3) is 2.63. The molecule has 1 saturated carbocycles. The maximum Gasteiger partial charge on any atom is 0.163 e. The lowest BCUT2D eigenvalue weighted by Gasteiger charge is -2.29. The Morgan fingerprint density at radius 1 is 1.18 bits per heavy atom. The lowest BCUT2D eigenvalue weighted by Crippen LogP contribution is -2.36. The van der Waals surface area contributed by atoms with Gasteiger partial charge in [0.1, 0.15) is 0 Å². The van der Waals surface area contributed by atoms with Gasteiger partial charge in [0.05, 0.1) is 12.2 Å². The highest BCUT2D eigenvalue weighted by Crippen LogP contribution is 2.45. The second-order valence-corrected chi connectivity index (χ2v) is 4.69. The fraction of sp³-hybridized carbons (Fsp3) is 1.00. The zero-order valence-electron chi connectivity index (χ0n) is 10.4.